The molecule has 18 heavy (non-hydrogen) atoms. The Morgan fingerprint density at radius 2 is 2.06 bits per heavy atom. The van der Waals surface area contributed by atoms with Crippen LogP contribution in [-0.2, 0) is 11.3 Å². The van der Waals surface area contributed by atoms with Crippen molar-refractivity contribution in [3.63, 3.8) is 0 Å². The Hall–Kier alpha value is -1.82. The maximum Gasteiger partial charge on any atom is 0.219 e. The summed E-state index contributed by atoms with van der Waals surface area (Å²) in [6.45, 7) is 5.38. The number of carbonyl (C=O) groups is 2. The quantitative estimate of drug-likeness (QED) is 0.668. The van der Waals surface area contributed by atoms with Crippen molar-refractivity contribution in [3.8, 4) is 0 Å². The molecule has 0 aromatic carbocycles. The molecule has 0 spiro atoms. The Bertz CT molecular complexity index is 447. The third kappa shape index (κ3) is 2.89. The van der Waals surface area contributed by atoms with Gasteiger partial charge in [-0.1, -0.05) is 0 Å². The summed E-state index contributed by atoms with van der Waals surface area (Å²) in [5.41, 5.74) is 0. The molecule has 2 heterocycles. The van der Waals surface area contributed by atoms with Crippen LogP contribution < -0.4 is 10.0 Å². The van der Waals surface area contributed by atoms with Gasteiger partial charge in [0.25, 0.3) is 0 Å². The van der Waals surface area contributed by atoms with Crippen LogP contribution in [0.15, 0.2) is 16.5 Å². The molecule has 1 saturated heterocycles. The molecule has 0 aliphatic carbocycles. The van der Waals surface area contributed by atoms with Gasteiger partial charge in [0, 0.05) is 6.92 Å². The number of furan rings is 1. The second-order valence-corrected chi connectivity index (χ2v) is 4.49. The summed E-state index contributed by atoms with van der Waals surface area (Å²) < 4.78 is 5.16. The smallest absolute Gasteiger partial charge is 0.219 e. The number of rotatable bonds is 3. The Morgan fingerprint density at radius 3 is 2.56 bits per heavy atom. The van der Waals surface area contributed by atoms with Crippen LogP contribution in [0, 0.1) is 0 Å². The SMILES string of the molecule is CC(=O)N1CC[NH+](Cc2ccc(C(=O)[O-])o2)CC1. The fourth-order valence-corrected chi connectivity index (χ4v) is 2.14. The molecule has 2 rings (SSSR count). The molecule has 0 unspecified atom stereocenters. The maximum atomic E-state index is 11.2. The van der Waals surface area contributed by atoms with Gasteiger partial charge in [0.1, 0.15) is 18.3 Å². The molecule has 1 aliphatic heterocycles. The van der Waals surface area contributed by atoms with Crippen LogP contribution in [0.1, 0.15) is 23.2 Å². The molecular weight excluding hydrogens is 236 g/mol. The van der Waals surface area contributed by atoms with E-state index in [2.05, 4.69) is 0 Å². The molecule has 1 aromatic heterocycles. The van der Waals surface area contributed by atoms with E-state index in [1.807, 2.05) is 4.90 Å². The highest BCUT2D eigenvalue weighted by atomic mass is 16.4. The Kier molecular flexibility index (Phi) is 3.66. The van der Waals surface area contributed by atoms with E-state index in [4.69, 9.17) is 4.42 Å². The first-order valence-electron chi connectivity index (χ1n) is 5.95. The van der Waals surface area contributed by atoms with Crippen molar-refractivity contribution in [1.82, 2.24) is 4.90 Å². The van der Waals surface area contributed by atoms with E-state index >= 15 is 0 Å². The lowest BCUT2D eigenvalue weighted by molar-refractivity contribution is -0.918. The first-order valence-corrected chi connectivity index (χ1v) is 5.95. The lowest BCUT2D eigenvalue weighted by atomic mass is 10.3. The number of piperazine rings is 1. The highest BCUT2D eigenvalue weighted by molar-refractivity contribution is 5.82. The predicted molar refractivity (Wildman–Crippen MR) is 59.7 cm³/mol. The molecule has 0 bridgehead atoms. The molecule has 6 heteroatoms. The van der Waals surface area contributed by atoms with E-state index in [9.17, 15) is 14.7 Å². The van der Waals surface area contributed by atoms with Crippen LogP contribution in [0.5, 0.6) is 0 Å². The zero-order valence-electron chi connectivity index (χ0n) is 10.3. The van der Waals surface area contributed by atoms with Gasteiger partial charge in [-0.2, -0.15) is 0 Å². The third-order valence-corrected chi connectivity index (χ3v) is 3.20. The van der Waals surface area contributed by atoms with E-state index in [0.29, 0.717) is 12.3 Å². The molecule has 1 fully saturated rings. The van der Waals surface area contributed by atoms with Gasteiger partial charge in [0.15, 0.2) is 5.76 Å². The number of hydrogen-bond donors (Lipinski definition) is 1. The summed E-state index contributed by atoms with van der Waals surface area (Å²) >= 11 is 0. The highest BCUT2D eigenvalue weighted by Gasteiger charge is 2.22. The zero-order valence-corrected chi connectivity index (χ0v) is 10.3. The lowest BCUT2D eigenvalue weighted by Crippen LogP contribution is -3.13. The van der Waals surface area contributed by atoms with Crippen molar-refractivity contribution in [2.75, 3.05) is 26.2 Å². The second kappa shape index (κ2) is 5.22. The van der Waals surface area contributed by atoms with Crippen LogP contribution in [0.2, 0.25) is 0 Å². The predicted octanol–water partition coefficient (Wildman–Crippen LogP) is -2.11. The van der Waals surface area contributed by atoms with Gasteiger partial charge in [-0.05, 0) is 12.1 Å². The van der Waals surface area contributed by atoms with Crippen LogP contribution >= 0.6 is 0 Å². The van der Waals surface area contributed by atoms with Crippen LogP contribution in [0.4, 0.5) is 0 Å². The molecule has 1 amide bonds. The maximum absolute atomic E-state index is 11.2. The number of quaternary nitrogens is 1. The Labute approximate surface area is 105 Å². The highest BCUT2D eigenvalue weighted by Crippen LogP contribution is 2.05. The fraction of sp³-hybridized carbons (Fsp3) is 0.500. The topological polar surface area (TPSA) is 78.0 Å². The van der Waals surface area contributed by atoms with Crippen molar-refractivity contribution in [3.05, 3.63) is 23.7 Å². The van der Waals surface area contributed by atoms with Gasteiger partial charge in [0.2, 0.25) is 5.91 Å². The number of amides is 1. The summed E-state index contributed by atoms with van der Waals surface area (Å²) in [6.07, 6.45) is 0. The number of nitrogens with zero attached hydrogens (tertiary/aromatic N) is 1. The molecule has 1 aromatic rings. The minimum absolute atomic E-state index is 0.103. The van der Waals surface area contributed by atoms with Gasteiger partial charge < -0.3 is 24.1 Å². The van der Waals surface area contributed by atoms with Crippen LogP contribution in [0.25, 0.3) is 0 Å². The largest absolute Gasteiger partial charge is 0.542 e. The van der Waals surface area contributed by atoms with E-state index in [0.717, 1.165) is 26.2 Å². The number of aromatic carboxylic acids is 1. The minimum Gasteiger partial charge on any atom is -0.542 e. The van der Waals surface area contributed by atoms with Crippen molar-refractivity contribution < 1.29 is 24.0 Å². The number of hydrogen-bond acceptors (Lipinski definition) is 4. The second-order valence-electron chi connectivity index (χ2n) is 4.49. The average Bonchev–Trinajstić information content (AvgIpc) is 2.78. The van der Waals surface area contributed by atoms with E-state index < -0.39 is 5.97 Å². The van der Waals surface area contributed by atoms with E-state index in [1.54, 1.807) is 13.0 Å². The zero-order chi connectivity index (χ0) is 13.1. The summed E-state index contributed by atoms with van der Waals surface area (Å²) in [5.74, 6) is -0.684. The number of carboxylic acids is 1. The van der Waals surface area contributed by atoms with Crippen molar-refractivity contribution in [1.29, 1.82) is 0 Å². The Balaban J connectivity index is 1.87. The number of carboxylic acid groups (broad SMARTS) is 1. The standard InChI is InChI=1S/C12H16N2O4/c1-9(15)14-6-4-13(5-7-14)8-10-2-3-11(18-10)12(16)17/h2-3H,4-8H2,1H3,(H,16,17). The Morgan fingerprint density at radius 1 is 1.39 bits per heavy atom. The summed E-state index contributed by atoms with van der Waals surface area (Å²) in [6, 6.07) is 3.07. The van der Waals surface area contributed by atoms with Gasteiger partial charge in [-0.15, -0.1) is 0 Å². The first kappa shape index (κ1) is 12.6. The van der Waals surface area contributed by atoms with E-state index in [1.165, 1.54) is 11.0 Å². The summed E-state index contributed by atoms with van der Waals surface area (Å²) in [5, 5.41) is 10.6. The average molecular weight is 252 g/mol. The first-order chi connectivity index (χ1) is 8.56. The molecule has 6 nitrogen and oxygen atoms in total. The molecular formula is C12H16N2O4. The molecule has 0 radical (unpaired) electrons. The van der Waals surface area contributed by atoms with Gasteiger partial charge >= 0.3 is 0 Å². The fourth-order valence-electron chi connectivity index (χ4n) is 2.14. The van der Waals surface area contributed by atoms with Gasteiger partial charge in [-0.3, -0.25) is 4.79 Å². The summed E-state index contributed by atoms with van der Waals surface area (Å²) in [7, 11) is 0. The lowest BCUT2D eigenvalue weighted by Gasteiger charge is -2.31. The molecule has 0 saturated carbocycles. The third-order valence-electron chi connectivity index (χ3n) is 3.20. The molecule has 0 atom stereocenters. The molecule has 1 aliphatic rings. The normalized spacial score (nSPS) is 16.8. The van der Waals surface area contributed by atoms with Crippen LogP contribution in [0.3, 0.4) is 0 Å². The van der Waals surface area contributed by atoms with Crippen molar-refractivity contribution in [2.24, 2.45) is 0 Å². The number of nitrogens with one attached hydrogen (secondary N) is 1. The summed E-state index contributed by atoms with van der Waals surface area (Å²) in [4.78, 5) is 24.8. The van der Waals surface area contributed by atoms with Gasteiger partial charge in [-0.25, -0.2) is 0 Å². The molecule has 98 valence electrons. The van der Waals surface area contributed by atoms with Crippen LogP contribution in [-0.4, -0.2) is 43.0 Å². The van der Waals surface area contributed by atoms with Crippen molar-refractivity contribution >= 4 is 11.9 Å². The van der Waals surface area contributed by atoms with E-state index in [-0.39, 0.29) is 11.7 Å². The minimum atomic E-state index is -1.29. The van der Waals surface area contributed by atoms with Crippen molar-refractivity contribution in [2.45, 2.75) is 13.5 Å². The molecule has 1 N–H and O–H groups in total. The monoisotopic (exact) mass is 252 g/mol. The number of carbonyl (C=O) groups excluding carboxylic acids is 2. The van der Waals surface area contributed by atoms with Gasteiger partial charge in [0.05, 0.1) is 26.2 Å².